The van der Waals surface area contributed by atoms with Crippen molar-refractivity contribution in [2.24, 2.45) is 11.8 Å². The van der Waals surface area contributed by atoms with Crippen LogP contribution in [0.5, 0.6) is 5.75 Å². The van der Waals surface area contributed by atoms with E-state index in [1.165, 1.54) is 44.1 Å². The molecule has 45 heavy (non-hydrogen) atoms. The van der Waals surface area contributed by atoms with Gasteiger partial charge in [0.2, 0.25) is 5.78 Å². The molecule has 0 aromatic heterocycles. The summed E-state index contributed by atoms with van der Waals surface area (Å²) in [4.78, 5) is 42.6. The van der Waals surface area contributed by atoms with Crippen LogP contribution in [0.25, 0.3) is 5.76 Å². The van der Waals surface area contributed by atoms with E-state index < -0.39 is 119 Å². The highest BCUT2D eigenvalue weighted by molar-refractivity contribution is 6.25. The monoisotopic (exact) mass is 635 g/mol. The van der Waals surface area contributed by atoms with Crippen LogP contribution in [-0.4, -0.2) is 138 Å². The number of Topliss-reactive ketones (excluding diaryl/α,β-unsaturated/α-hetero) is 2. The summed E-state index contributed by atoms with van der Waals surface area (Å²) in [6.45, 7) is 0.104. The van der Waals surface area contributed by atoms with Gasteiger partial charge in [-0.25, -0.2) is 0 Å². The highest BCUT2D eigenvalue weighted by atomic mass is 16.6. The summed E-state index contributed by atoms with van der Waals surface area (Å²) in [5.74, 6) is -8.49. The number of hydrogen-bond donors (Lipinski definition) is 11. The normalized spacial score (nSPS) is 38.2. The van der Waals surface area contributed by atoms with Gasteiger partial charge >= 0.3 is 0 Å². The fraction of sp³-hybridized carbons (Fsp3) is 0.552. The average molecular weight is 636 g/mol. The van der Waals surface area contributed by atoms with Crippen molar-refractivity contribution < 1.29 is 65.1 Å². The standard InChI is InChI=1S/C29H37N3O13/c1-28(43)10-5-4-6-13(34)15(10)21(36)16-11(28)7-12-19(32(2)3)22(37)17(25(40)29(12,44)24(16)39)26(41)31-9-30-18-23(38)20(35)14(8-33)45-27(18)42/h4-6,11-12,14,18-20,23,27,30,33-36,38,40,42-44H,7-9H2,1-3H3,(H,31,41)/t11-,12-,14+,18+,19-,20+,23+,27-,28+,29-/m1/s1. The second-order valence-corrected chi connectivity index (χ2v) is 12.2. The number of carbonyl (C=O) groups is 3. The quantitative estimate of drug-likeness (QED) is 0.107. The van der Waals surface area contributed by atoms with Gasteiger partial charge in [0.25, 0.3) is 5.91 Å². The third kappa shape index (κ3) is 4.76. The van der Waals surface area contributed by atoms with Crippen molar-refractivity contribution in [3.05, 3.63) is 46.2 Å². The molecule has 246 valence electrons. The van der Waals surface area contributed by atoms with Crippen LogP contribution in [0.4, 0.5) is 0 Å². The van der Waals surface area contributed by atoms with Crippen LogP contribution in [0.15, 0.2) is 35.1 Å². The molecule has 0 radical (unpaired) electrons. The first-order chi connectivity index (χ1) is 21.0. The zero-order valence-corrected chi connectivity index (χ0v) is 24.6. The van der Waals surface area contributed by atoms with E-state index in [0.717, 1.165) is 0 Å². The summed E-state index contributed by atoms with van der Waals surface area (Å²) in [7, 11) is 2.91. The van der Waals surface area contributed by atoms with Crippen molar-refractivity contribution in [3.8, 4) is 5.75 Å². The van der Waals surface area contributed by atoms with Crippen molar-refractivity contribution in [2.45, 2.75) is 61.2 Å². The summed E-state index contributed by atoms with van der Waals surface area (Å²) < 4.78 is 5.04. The van der Waals surface area contributed by atoms with Crippen molar-refractivity contribution >= 4 is 23.2 Å². The topological polar surface area (TPSA) is 270 Å². The molecule has 1 saturated carbocycles. The summed E-state index contributed by atoms with van der Waals surface area (Å²) in [6.07, 6.45) is -6.52. The molecule has 11 N–H and O–H groups in total. The van der Waals surface area contributed by atoms with Gasteiger partial charge in [-0.2, -0.15) is 0 Å². The van der Waals surface area contributed by atoms with Crippen molar-refractivity contribution in [1.29, 1.82) is 0 Å². The molecule has 10 atom stereocenters. The number of phenolic OH excluding ortho intramolecular Hbond substituents is 1. The van der Waals surface area contributed by atoms with Gasteiger partial charge in [-0.1, -0.05) is 12.1 Å². The summed E-state index contributed by atoms with van der Waals surface area (Å²) in [5, 5.41) is 101. The number of nitrogens with zero attached hydrogens (tertiary/aromatic N) is 1. The van der Waals surface area contributed by atoms with E-state index in [1.807, 2.05) is 0 Å². The Labute approximate surface area is 256 Å². The second kappa shape index (κ2) is 11.4. The molecule has 1 aliphatic heterocycles. The minimum Gasteiger partial charge on any atom is -0.508 e. The molecule has 1 aromatic rings. The van der Waals surface area contributed by atoms with Crippen molar-refractivity contribution in [3.63, 3.8) is 0 Å². The molecule has 0 spiro atoms. The molecule has 16 nitrogen and oxygen atoms in total. The lowest BCUT2D eigenvalue weighted by Gasteiger charge is -2.53. The highest BCUT2D eigenvalue weighted by Gasteiger charge is 2.66. The zero-order valence-electron chi connectivity index (χ0n) is 24.6. The summed E-state index contributed by atoms with van der Waals surface area (Å²) in [6, 6.07) is 1.41. The van der Waals surface area contributed by atoms with Crippen LogP contribution in [0, 0.1) is 11.8 Å². The number of hydrogen-bond acceptors (Lipinski definition) is 15. The Bertz CT molecular complexity index is 1490. The highest BCUT2D eigenvalue weighted by Crippen LogP contribution is 2.57. The van der Waals surface area contributed by atoms with E-state index in [1.54, 1.807) is 0 Å². The number of aliphatic hydroxyl groups excluding tert-OH is 6. The minimum absolute atomic E-state index is 0.112. The van der Waals surface area contributed by atoms with Gasteiger partial charge in [0.15, 0.2) is 17.7 Å². The summed E-state index contributed by atoms with van der Waals surface area (Å²) >= 11 is 0. The van der Waals surface area contributed by atoms with Gasteiger partial charge in [0.05, 0.1) is 36.5 Å². The maximum Gasteiger partial charge on any atom is 0.259 e. The Hall–Kier alpha value is -3.45. The van der Waals surface area contributed by atoms with Crippen molar-refractivity contribution in [1.82, 2.24) is 15.5 Å². The van der Waals surface area contributed by atoms with Gasteiger partial charge in [-0.3, -0.25) is 24.6 Å². The molecule has 1 heterocycles. The number of amides is 1. The lowest BCUT2D eigenvalue weighted by atomic mass is 9.54. The molecule has 1 amide bonds. The molecule has 1 saturated heterocycles. The minimum atomic E-state index is -2.91. The number of rotatable bonds is 6. The molecular weight excluding hydrogens is 598 g/mol. The number of phenols is 1. The molecule has 16 heteroatoms. The van der Waals surface area contributed by atoms with Gasteiger partial charge in [-0.15, -0.1) is 0 Å². The van der Waals surface area contributed by atoms with Gasteiger partial charge in [-0.05, 0) is 39.1 Å². The molecule has 2 fully saturated rings. The van der Waals surface area contributed by atoms with E-state index in [-0.39, 0.29) is 17.5 Å². The fourth-order valence-electron chi connectivity index (χ4n) is 7.14. The van der Waals surface area contributed by atoms with Crippen LogP contribution in [0.3, 0.4) is 0 Å². The number of benzene rings is 1. The fourth-order valence-corrected chi connectivity index (χ4v) is 7.14. The maximum atomic E-state index is 14.1. The number of aromatic hydroxyl groups is 1. The number of aliphatic hydroxyl groups is 8. The lowest BCUT2D eigenvalue weighted by Crippen LogP contribution is -2.67. The average Bonchev–Trinajstić information content (AvgIpc) is 2.97. The van der Waals surface area contributed by atoms with E-state index in [0.29, 0.717) is 0 Å². The van der Waals surface area contributed by atoms with Crippen LogP contribution in [0.1, 0.15) is 24.5 Å². The van der Waals surface area contributed by atoms with Crippen molar-refractivity contribution in [2.75, 3.05) is 27.4 Å². The van der Waals surface area contributed by atoms with Crippen LogP contribution < -0.4 is 10.6 Å². The molecule has 0 unspecified atom stereocenters. The number of ketones is 2. The number of carbonyl (C=O) groups excluding carboxylic acids is 3. The van der Waals surface area contributed by atoms with E-state index in [4.69, 9.17) is 4.74 Å². The SMILES string of the molecule is CN(C)[C@H]1C(=O)C(C(=O)NCN[C@H]2[C@H](O)[C@@H](O)[C@H](CO)O[C@H]2O)=C(O)[C@]2(O)C(=O)C3=C(O)c4c(O)cccc4[C@](C)(O)[C@@H]3C[C@H]12. The number of fused-ring (bicyclic) bond motifs is 3. The largest absolute Gasteiger partial charge is 0.508 e. The predicted molar refractivity (Wildman–Crippen MR) is 151 cm³/mol. The van der Waals surface area contributed by atoms with Crippen LogP contribution in [0.2, 0.25) is 0 Å². The number of nitrogens with one attached hydrogen (secondary N) is 2. The van der Waals surface area contributed by atoms with Gasteiger partial charge in [0.1, 0.15) is 41.2 Å². The van der Waals surface area contributed by atoms with Gasteiger partial charge < -0.3 is 56.0 Å². The second-order valence-electron chi connectivity index (χ2n) is 12.2. The number of ether oxygens (including phenoxy) is 1. The summed E-state index contributed by atoms with van der Waals surface area (Å²) in [5.41, 5.74) is -6.35. The van der Waals surface area contributed by atoms with Crippen LogP contribution in [-0.2, 0) is 24.7 Å². The predicted octanol–water partition coefficient (Wildman–Crippen LogP) is -3.39. The first-order valence-electron chi connectivity index (χ1n) is 14.2. The molecule has 3 aliphatic carbocycles. The Morgan fingerprint density at radius 3 is 2.38 bits per heavy atom. The molecule has 5 rings (SSSR count). The first-order valence-corrected chi connectivity index (χ1v) is 14.2. The zero-order chi connectivity index (χ0) is 33.3. The lowest BCUT2D eigenvalue weighted by molar-refractivity contribution is -0.254. The Balaban J connectivity index is 1.50. The van der Waals surface area contributed by atoms with E-state index in [9.17, 15) is 60.3 Å². The smallest absolute Gasteiger partial charge is 0.259 e. The molecule has 0 bridgehead atoms. The Morgan fingerprint density at radius 1 is 1.09 bits per heavy atom. The third-order valence-corrected chi connectivity index (χ3v) is 9.49. The van der Waals surface area contributed by atoms with Gasteiger partial charge in [0, 0.05) is 17.4 Å². The maximum absolute atomic E-state index is 14.1. The van der Waals surface area contributed by atoms with E-state index >= 15 is 0 Å². The molecule has 4 aliphatic rings. The third-order valence-electron chi connectivity index (χ3n) is 9.49. The molecular formula is C29H37N3O13. The van der Waals surface area contributed by atoms with E-state index in [2.05, 4.69) is 10.6 Å². The Morgan fingerprint density at radius 2 is 1.76 bits per heavy atom. The molecule has 1 aromatic carbocycles. The first kappa shape index (κ1) is 32.9. The van der Waals surface area contributed by atoms with Crippen LogP contribution >= 0.6 is 0 Å². The number of likely N-dealkylation sites (N-methyl/N-ethyl adjacent to an activating group) is 1. The Kier molecular flexibility index (Phi) is 8.35.